The van der Waals surface area contributed by atoms with E-state index in [4.69, 9.17) is 9.68 Å². The van der Waals surface area contributed by atoms with E-state index in [1.54, 1.807) is 6.26 Å². The number of nitrogens with zero attached hydrogens (tertiary/aromatic N) is 1. The summed E-state index contributed by atoms with van der Waals surface area (Å²) in [5.74, 6) is 2.90. The molecule has 0 spiro atoms. The maximum absolute atomic E-state index is 8.95. The van der Waals surface area contributed by atoms with Crippen molar-refractivity contribution in [2.24, 2.45) is 0 Å². The fourth-order valence-corrected chi connectivity index (χ4v) is 2.40. The Balaban J connectivity index is 1.57. The fraction of sp³-hybridized carbons (Fsp3) is 0.583. The average molecular weight is 236 g/mol. The van der Waals surface area contributed by atoms with Crippen molar-refractivity contribution in [2.45, 2.75) is 37.1 Å². The molecule has 86 valence electrons. The molecule has 1 saturated carbocycles. The molecule has 0 bridgehead atoms. The van der Waals surface area contributed by atoms with Gasteiger partial charge in [0.2, 0.25) is 0 Å². The van der Waals surface area contributed by atoms with Crippen LogP contribution in [0, 0.1) is 11.3 Å². The predicted molar refractivity (Wildman–Crippen MR) is 65.0 cm³/mol. The van der Waals surface area contributed by atoms with E-state index >= 15 is 0 Å². The van der Waals surface area contributed by atoms with Gasteiger partial charge < -0.3 is 4.42 Å². The highest BCUT2D eigenvalue weighted by atomic mass is 32.2. The SMILES string of the molecule is N#CC(CCSCc1ccco1)NC1CC1. The van der Waals surface area contributed by atoms with Crippen LogP contribution in [0.1, 0.15) is 25.0 Å². The van der Waals surface area contributed by atoms with E-state index in [2.05, 4.69) is 11.4 Å². The average Bonchev–Trinajstić information content (AvgIpc) is 2.96. The lowest BCUT2D eigenvalue weighted by Gasteiger charge is -2.09. The number of nitrogens with one attached hydrogen (secondary N) is 1. The summed E-state index contributed by atoms with van der Waals surface area (Å²) >= 11 is 1.82. The molecule has 1 aliphatic rings. The minimum atomic E-state index is 0.0246. The number of furan rings is 1. The molecule has 1 aromatic rings. The lowest BCUT2D eigenvalue weighted by atomic mass is 10.2. The molecule has 4 heteroatoms. The molecule has 16 heavy (non-hydrogen) atoms. The van der Waals surface area contributed by atoms with Crippen LogP contribution in [-0.2, 0) is 5.75 Å². The van der Waals surface area contributed by atoms with Gasteiger partial charge in [0.1, 0.15) is 5.76 Å². The molecule has 0 aromatic carbocycles. The molecule has 0 aliphatic heterocycles. The number of nitriles is 1. The van der Waals surface area contributed by atoms with Gasteiger partial charge in [0.05, 0.1) is 24.1 Å². The third-order valence-corrected chi connectivity index (χ3v) is 3.56. The van der Waals surface area contributed by atoms with Gasteiger partial charge in [-0.05, 0) is 37.1 Å². The van der Waals surface area contributed by atoms with Gasteiger partial charge in [0.25, 0.3) is 0 Å². The van der Waals surface area contributed by atoms with E-state index in [0.29, 0.717) is 6.04 Å². The summed E-state index contributed by atoms with van der Waals surface area (Å²) in [6, 6.07) is 6.84. The maximum atomic E-state index is 8.95. The normalized spacial score (nSPS) is 16.9. The minimum absolute atomic E-state index is 0.0246. The lowest BCUT2D eigenvalue weighted by Crippen LogP contribution is -2.29. The van der Waals surface area contributed by atoms with Crippen LogP contribution in [0.15, 0.2) is 22.8 Å². The highest BCUT2D eigenvalue weighted by Gasteiger charge is 2.24. The Morgan fingerprint density at radius 1 is 1.62 bits per heavy atom. The van der Waals surface area contributed by atoms with Crippen LogP contribution in [-0.4, -0.2) is 17.8 Å². The van der Waals surface area contributed by atoms with Gasteiger partial charge >= 0.3 is 0 Å². The van der Waals surface area contributed by atoms with Crippen LogP contribution < -0.4 is 5.32 Å². The molecular weight excluding hydrogens is 220 g/mol. The molecule has 3 nitrogen and oxygen atoms in total. The van der Waals surface area contributed by atoms with Gasteiger partial charge in [-0.25, -0.2) is 0 Å². The van der Waals surface area contributed by atoms with E-state index in [1.807, 2.05) is 23.9 Å². The zero-order valence-electron chi connectivity index (χ0n) is 9.19. The molecule has 1 aliphatic carbocycles. The molecule has 1 fully saturated rings. The molecule has 1 aromatic heterocycles. The van der Waals surface area contributed by atoms with Gasteiger partial charge in [0.15, 0.2) is 0 Å². The van der Waals surface area contributed by atoms with Crippen molar-refractivity contribution >= 4 is 11.8 Å². The van der Waals surface area contributed by atoms with Crippen molar-refractivity contribution in [3.63, 3.8) is 0 Å². The number of rotatable bonds is 7. The standard InChI is InChI=1S/C12H16N2OS/c13-8-11(14-10-3-4-10)5-7-16-9-12-2-1-6-15-12/h1-2,6,10-11,14H,3-5,7,9H2. The van der Waals surface area contributed by atoms with Crippen LogP contribution in [0.3, 0.4) is 0 Å². The predicted octanol–water partition coefficient (Wildman–Crippen LogP) is 2.55. The Morgan fingerprint density at radius 3 is 3.12 bits per heavy atom. The Kier molecular flexibility index (Phi) is 4.32. The van der Waals surface area contributed by atoms with Gasteiger partial charge in [0, 0.05) is 6.04 Å². The molecular formula is C12H16N2OS. The number of hydrogen-bond acceptors (Lipinski definition) is 4. The topological polar surface area (TPSA) is 49.0 Å². The van der Waals surface area contributed by atoms with Crippen molar-refractivity contribution < 1.29 is 4.42 Å². The minimum Gasteiger partial charge on any atom is -0.468 e. The summed E-state index contributed by atoms with van der Waals surface area (Å²) in [7, 11) is 0. The van der Waals surface area contributed by atoms with Crippen molar-refractivity contribution in [2.75, 3.05) is 5.75 Å². The summed E-state index contributed by atoms with van der Waals surface area (Å²) in [6.07, 6.45) is 5.08. The quantitative estimate of drug-likeness (QED) is 0.739. The highest BCUT2D eigenvalue weighted by Crippen LogP contribution is 2.20. The van der Waals surface area contributed by atoms with Crippen LogP contribution in [0.25, 0.3) is 0 Å². The van der Waals surface area contributed by atoms with Gasteiger partial charge in [-0.1, -0.05) is 0 Å². The maximum Gasteiger partial charge on any atom is 0.113 e. The van der Waals surface area contributed by atoms with Crippen molar-refractivity contribution in [3.05, 3.63) is 24.2 Å². The van der Waals surface area contributed by atoms with Crippen LogP contribution >= 0.6 is 11.8 Å². The van der Waals surface area contributed by atoms with Crippen LogP contribution in [0.5, 0.6) is 0 Å². The monoisotopic (exact) mass is 236 g/mol. The largest absolute Gasteiger partial charge is 0.468 e. The number of thioether (sulfide) groups is 1. The first-order chi connectivity index (χ1) is 7.88. The Hall–Kier alpha value is -0.920. The fourth-order valence-electron chi connectivity index (χ4n) is 1.49. The van der Waals surface area contributed by atoms with Gasteiger partial charge in [-0.15, -0.1) is 0 Å². The zero-order valence-corrected chi connectivity index (χ0v) is 10.0. The first-order valence-electron chi connectivity index (χ1n) is 5.64. The second kappa shape index (κ2) is 5.97. The molecule has 2 rings (SSSR count). The molecule has 1 unspecified atom stereocenters. The van der Waals surface area contributed by atoms with E-state index in [0.717, 1.165) is 23.7 Å². The highest BCUT2D eigenvalue weighted by molar-refractivity contribution is 7.98. The van der Waals surface area contributed by atoms with E-state index in [-0.39, 0.29) is 6.04 Å². The second-order valence-corrected chi connectivity index (χ2v) is 5.15. The number of hydrogen-bond donors (Lipinski definition) is 1. The first kappa shape index (κ1) is 11.6. The summed E-state index contributed by atoms with van der Waals surface area (Å²) in [5, 5.41) is 12.3. The van der Waals surface area contributed by atoms with E-state index < -0.39 is 0 Å². The Labute approximate surface area is 100 Å². The molecule has 0 radical (unpaired) electrons. The lowest BCUT2D eigenvalue weighted by molar-refractivity contribution is 0.530. The zero-order chi connectivity index (χ0) is 11.2. The molecule has 1 N–H and O–H groups in total. The molecule has 1 heterocycles. The van der Waals surface area contributed by atoms with Gasteiger partial charge in [-0.3, -0.25) is 5.32 Å². The first-order valence-corrected chi connectivity index (χ1v) is 6.80. The van der Waals surface area contributed by atoms with Crippen molar-refractivity contribution in [3.8, 4) is 6.07 Å². The summed E-state index contributed by atoms with van der Waals surface area (Å²) in [5.41, 5.74) is 0. The van der Waals surface area contributed by atoms with Crippen molar-refractivity contribution in [1.29, 1.82) is 5.26 Å². The summed E-state index contributed by atoms with van der Waals surface area (Å²) < 4.78 is 5.24. The third kappa shape index (κ3) is 3.92. The van der Waals surface area contributed by atoms with Gasteiger partial charge in [-0.2, -0.15) is 17.0 Å². The summed E-state index contributed by atoms with van der Waals surface area (Å²) in [4.78, 5) is 0. The molecule has 0 saturated heterocycles. The smallest absolute Gasteiger partial charge is 0.113 e. The van der Waals surface area contributed by atoms with E-state index in [1.165, 1.54) is 12.8 Å². The molecule has 1 atom stereocenters. The summed E-state index contributed by atoms with van der Waals surface area (Å²) in [6.45, 7) is 0. The third-order valence-electron chi connectivity index (χ3n) is 2.55. The van der Waals surface area contributed by atoms with Crippen LogP contribution in [0.4, 0.5) is 0 Å². The van der Waals surface area contributed by atoms with E-state index in [9.17, 15) is 0 Å². The second-order valence-electron chi connectivity index (χ2n) is 4.04. The van der Waals surface area contributed by atoms with Crippen molar-refractivity contribution in [1.82, 2.24) is 5.32 Å². The Bertz CT molecular complexity index is 340. The molecule has 0 amide bonds. The Morgan fingerprint density at radius 2 is 2.50 bits per heavy atom. The van der Waals surface area contributed by atoms with Crippen LogP contribution in [0.2, 0.25) is 0 Å².